The summed E-state index contributed by atoms with van der Waals surface area (Å²) in [6.45, 7) is 8.48. The van der Waals surface area contributed by atoms with Crippen molar-refractivity contribution in [1.29, 1.82) is 0 Å². The monoisotopic (exact) mass is 151 g/mol. The van der Waals surface area contributed by atoms with Crippen molar-refractivity contribution >= 4 is 5.71 Å². The highest BCUT2D eigenvalue weighted by Gasteiger charge is 2.14. The molecule has 1 aliphatic rings. The average Bonchev–Trinajstić information content (AvgIpc) is 2.18. The second kappa shape index (κ2) is 3.07. The molecule has 0 amide bonds. The van der Waals surface area contributed by atoms with Gasteiger partial charge in [0.05, 0.1) is 11.4 Å². The summed E-state index contributed by atoms with van der Waals surface area (Å²) in [6.07, 6.45) is 1.10. The molecule has 1 aliphatic heterocycles. The van der Waals surface area contributed by atoms with E-state index in [4.69, 9.17) is 0 Å². The van der Waals surface area contributed by atoms with Crippen molar-refractivity contribution in [2.45, 2.75) is 34.1 Å². The fraction of sp³-hybridized carbons (Fsp3) is 0.667. The molecule has 0 fully saturated rings. The maximum absolute atomic E-state index is 4.02. The van der Waals surface area contributed by atoms with E-state index >= 15 is 0 Å². The Bertz CT molecular complexity index is 212. The van der Waals surface area contributed by atoms with Crippen LogP contribution in [0.3, 0.4) is 0 Å². The summed E-state index contributed by atoms with van der Waals surface area (Å²) in [5.41, 5.74) is 7.54. The second-order valence-corrected chi connectivity index (χ2v) is 3.45. The molecule has 11 heavy (non-hydrogen) atoms. The molecule has 0 bridgehead atoms. The average molecular weight is 151 g/mol. The number of hydrogen-bond donors (Lipinski definition) is 0. The van der Waals surface area contributed by atoms with Gasteiger partial charge in [-0.3, -0.25) is 0 Å². The van der Waals surface area contributed by atoms with Gasteiger partial charge < -0.3 is 0 Å². The van der Waals surface area contributed by atoms with Crippen LogP contribution in [0.15, 0.2) is 16.4 Å². The zero-order valence-electron chi connectivity index (χ0n) is 7.68. The lowest BCUT2D eigenvalue weighted by atomic mass is 9.99. The first-order valence-electron chi connectivity index (χ1n) is 4.06. The fourth-order valence-corrected chi connectivity index (χ4v) is 1.24. The van der Waals surface area contributed by atoms with Crippen LogP contribution < -0.4 is 5.43 Å². The smallest absolute Gasteiger partial charge is 0.0650 e. The molecule has 0 saturated carbocycles. The van der Waals surface area contributed by atoms with Crippen molar-refractivity contribution < 1.29 is 0 Å². The largest absolute Gasteiger partial charge is 0.155 e. The quantitative estimate of drug-likeness (QED) is 0.579. The minimum absolute atomic E-state index is 0.693. The summed E-state index contributed by atoms with van der Waals surface area (Å²) in [5.74, 6) is 0.693. The minimum atomic E-state index is 0.693. The van der Waals surface area contributed by atoms with Gasteiger partial charge in [-0.1, -0.05) is 13.8 Å². The van der Waals surface area contributed by atoms with Crippen LogP contribution in [0, 0.1) is 5.92 Å². The maximum atomic E-state index is 4.02. The van der Waals surface area contributed by atoms with Gasteiger partial charge in [-0.25, -0.2) is 0 Å². The SMILES string of the molecule is CC1=N[N]C(C)=C1CC(C)C. The number of nitrogens with zero attached hydrogens (tertiary/aromatic N) is 2. The molecule has 1 heterocycles. The highest BCUT2D eigenvalue weighted by atomic mass is 15.3. The molecule has 0 aromatic heterocycles. The van der Waals surface area contributed by atoms with Gasteiger partial charge in [-0.15, -0.1) is 0 Å². The molecule has 0 atom stereocenters. The van der Waals surface area contributed by atoms with E-state index in [1.54, 1.807) is 0 Å². The van der Waals surface area contributed by atoms with E-state index in [9.17, 15) is 0 Å². The fourth-order valence-electron chi connectivity index (χ4n) is 1.24. The van der Waals surface area contributed by atoms with Crippen LogP contribution in [0.4, 0.5) is 0 Å². The van der Waals surface area contributed by atoms with Gasteiger partial charge >= 0.3 is 0 Å². The Hall–Kier alpha value is -0.790. The van der Waals surface area contributed by atoms with Crippen molar-refractivity contribution in [2.24, 2.45) is 11.0 Å². The van der Waals surface area contributed by atoms with Gasteiger partial charge in [0, 0.05) is 0 Å². The van der Waals surface area contributed by atoms with E-state index in [0.717, 1.165) is 17.8 Å². The normalized spacial score (nSPS) is 17.4. The first-order chi connectivity index (χ1) is 5.11. The number of hydrogen-bond acceptors (Lipinski definition) is 1. The van der Waals surface area contributed by atoms with Crippen molar-refractivity contribution in [3.8, 4) is 0 Å². The van der Waals surface area contributed by atoms with Crippen LogP contribution in [0.1, 0.15) is 34.1 Å². The summed E-state index contributed by atoms with van der Waals surface area (Å²) < 4.78 is 0. The topological polar surface area (TPSA) is 26.5 Å². The molecular weight excluding hydrogens is 136 g/mol. The molecule has 0 aromatic carbocycles. The van der Waals surface area contributed by atoms with E-state index < -0.39 is 0 Å². The van der Waals surface area contributed by atoms with Gasteiger partial charge in [-0.2, -0.15) is 10.5 Å². The zero-order chi connectivity index (χ0) is 8.43. The molecular formula is C9H15N2. The molecule has 0 unspecified atom stereocenters. The molecule has 0 N–H and O–H groups in total. The number of rotatable bonds is 2. The minimum Gasteiger partial charge on any atom is -0.155 e. The molecule has 0 aromatic rings. The highest BCUT2D eigenvalue weighted by molar-refractivity contribution is 6.00. The van der Waals surface area contributed by atoms with Crippen LogP contribution >= 0.6 is 0 Å². The van der Waals surface area contributed by atoms with Gasteiger partial charge in [-0.05, 0) is 31.8 Å². The Balaban J connectivity index is 2.69. The van der Waals surface area contributed by atoms with Crippen molar-refractivity contribution in [1.82, 2.24) is 5.43 Å². The van der Waals surface area contributed by atoms with Crippen LogP contribution in [0.5, 0.6) is 0 Å². The van der Waals surface area contributed by atoms with E-state index in [2.05, 4.69) is 24.4 Å². The highest BCUT2D eigenvalue weighted by Crippen LogP contribution is 2.19. The standard InChI is InChI=1S/C9H15N2/c1-6(2)5-9-7(3)10-11-8(9)4/h6H,5H2,1-4H3. The zero-order valence-corrected chi connectivity index (χ0v) is 7.68. The lowest BCUT2D eigenvalue weighted by Crippen LogP contribution is -1.99. The molecule has 0 spiro atoms. The van der Waals surface area contributed by atoms with Crippen LogP contribution in [-0.4, -0.2) is 5.71 Å². The van der Waals surface area contributed by atoms with Crippen molar-refractivity contribution in [3.05, 3.63) is 11.3 Å². The summed E-state index contributed by atoms with van der Waals surface area (Å²) in [6, 6.07) is 0. The van der Waals surface area contributed by atoms with E-state index in [0.29, 0.717) is 5.92 Å². The third kappa shape index (κ3) is 1.82. The van der Waals surface area contributed by atoms with E-state index in [1.807, 2.05) is 13.8 Å². The van der Waals surface area contributed by atoms with E-state index in [1.165, 1.54) is 5.57 Å². The lowest BCUT2D eigenvalue weighted by molar-refractivity contribution is 0.650. The van der Waals surface area contributed by atoms with Crippen LogP contribution in [0.25, 0.3) is 0 Å². The lowest BCUT2D eigenvalue weighted by Gasteiger charge is -2.05. The predicted molar refractivity (Wildman–Crippen MR) is 47.4 cm³/mol. The first kappa shape index (κ1) is 8.31. The van der Waals surface area contributed by atoms with Gasteiger partial charge in [0.15, 0.2) is 0 Å². The molecule has 1 radical (unpaired) electrons. The second-order valence-electron chi connectivity index (χ2n) is 3.45. The Morgan fingerprint density at radius 3 is 2.27 bits per heavy atom. The van der Waals surface area contributed by atoms with Crippen molar-refractivity contribution in [2.75, 3.05) is 0 Å². The third-order valence-electron chi connectivity index (χ3n) is 1.84. The van der Waals surface area contributed by atoms with Gasteiger partial charge in [0.1, 0.15) is 0 Å². The Morgan fingerprint density at radius 2 is 1.91 bits per heavy atom. The molecule has 61 valence electrons. The van der Waals surface area contributed by atoms with E-state index in [-0.39, 0.29) is 0 Å². The molecule has 1 rings (SSSR count). The van der Waals surface area contributed by atoms with Gasteiger partial charge in [0.25, 0.3) is 0 Å². The Labute approximate surface area is 68.4 Å². The summed E-state index contributed by atoms with van der Waals surface area (Å²) in [4.78, 5) is 0. The molecule has 2 nitrogen and oxygen atoms in total. The maximum Gasteiger partial charge on any atom is 0.0650 e. The summed E-state index contributed by atoms with van der Waals surface area (Å²) in [5, 5.41) is 4.02. The van der Waals surface area contributed by atoms with Gasteiger partial charge in [0.2, 0.25) is 0 Å². The predicted octanol–water partition coefficient (Wildman–Crippen LogP) is 2.30. The van der Waals surface area contributed by atoms with Crippen molar-refractivity contribution in [3.63, 3.8) is 0 Å². The third-order valence-corrected chi connectivity index (χ3v) is 1.84. The van der Waals surface area contributed by atoms with Crippen LogP contribution in [0.2, 0.25) is 0 Å². The molecule has 0 aliphatic carbocycles. The Morgan fingerprint density at radius 1 is 1.27 bits per heavy atom. The summed E-state index contributed by atoms with van der Waals surface area (Å²) in [7, 11) is 0. The summed E-state index contributed by atoms with van der Waals surface area (Å²) >= 11 is 0. The first-order valence-corrected chi connectivity index (χ1v) is 4.06. The van der Waals surface area contributed by atoms with Crippen LogP contribution in [-0.2, 0) is 0 Å². The molecule has 2 heteroatoms. The Kier molecular flexibility index (Phi) is 2.32. The number of allylic oxidation sites excluding steroid dienone is 2. The molecule has 0 saturated heterocycles.